The summed E-state index contributed by atoms with van der Waals surface area (Å²) < 4.78 is 7.32. The molecule has 0 bridgehead atoms. The SMILES string of the molecule is Cc1c(C(=O)O)sc2[nH]c(=S)n(CC3CCCO3)c(=O)c12. The first kappa shape index (κ1) is 14.4. The van der Waals surface area contributed by atoms with Crippen LogP contribution in [0.2, 0.25) is 0 Å². The van der Waals surface area contributed by atoms with Gasteiger partial charge in [0.15, 0.2) is 4.77 Å². The minimum atomic E-state index is -1.03. The van der Waals surface area contributed by atoms with Crippen LogP contribution in [-0.2, 0) is 11.3 Å². The standard InChI is InChI=1S/C13H14N2O4S2/c1-6-8-10(21-9(6)12(17)18)14-13(20)15(11(8)16)5-7-3-2-4-19-7/h7H,2-5H2,1H3,(H,14,20)(H,17,18). The molecule has 8 heteroatoms. The smallest absolute Gasteiger partial charge is 0.346 e. The minimum Gasteiger partial charge on any atom is -0.477 e. The van der Waals surface area contributed by atoms with Crippen molar-refractivity contribution < 1.29 is 14.6 Å². The highest BCUT2D eigenvalue weighted by Crippen LogP contribution is 2.27. The van der Waals surface area contributed by atoms with Gasteiger partial charge >= 0.3 is 5.97 Å². The van der Waals surface area contributed by atoms with Crippen LogP contribution in [0.4, 0.5) is 0 Å². The van der Waals surface area contributed by atoms with Gasteiger partial charge in [0.1, 0.15) is 9.71 Å². The molecule has 0 aliphatic carbocycles. The number of aromatic carboxylic acids is 1. The number of rotatable bonds is 3. The quantitative estimate of drug-likeness (QED) is 0.846. The van der Waals surface area contributed by atoms with Crippen molar-refractivity contribution in [3.8, 4) is 0 Å². The van der Waals surface area contributed by atoms with E-state index in [-0.39, 0.29) is 16.5 Å². The van der Waals surface area contributed by atoms with Gasteiger partial charge in [-0.25, -0.2) is 4.79 Å². The van der Waals surface area contributed by atoms with Crippen molar-refractivity contribution in [3.05, 3.63) is 25.6 Å². The number of carbonyl (C=O) groups is 1. The lowest BCUT2D eigenvalue weighted by atomic mass is 10.2. The zero-order chi connectivity index (χ0) is 15.1. The summed E-state index contributed by atoms with van der Waals surface area (Å²) in [5.74, 6) is -1.03. The van der Waals surface area contributed by atoms with Gasteiger partial charge in [-0.1, -0.05) is 0 Å². The predicted octanol–water partition coefficient (Wildman–Crippen LogP) is 2.31. The first-order valence-electron chi connectivity index (χ1n) is 6.60. The van der Waals surface area contributed by atoms with Gasteiger partial charge in [0.2, 0.25) is 0 Å². The summed E-state index contributed by atoms with van der Waals surface area (Å²) in [6.07, 6.45) is 1.88. The van der Waals surface area contributed by atoms with Crippen molar-refractivity contribution in [2.75, 3.05) is 6.61 Å². The third-order valence-electron chi connectivity index (χ3n) is 3.68. The fourth-order valence-electron chi connectivity index (χ4n) is 2.61. The molecule has 0 spiro atoms. The zero-order valence-corrected chi connectivity index (χ0v) is 13.0. The van der Waals surface area contributed by atoms with E-state index in [9.17, 15) is 9.59 Å². The summed E-state index contributed by atoms with van der Waals surface area (Å²) in [4.78, 5) is 27.5. The summed E-state index contributed by atoms with van der Waals surface area (Å²) >= 11 is 6.28. The zero-order valence-electron chi connectivity index (χ0n) is 11.3. The first-order chi connectivity index (χ1) is 9.99. The summed E-state index contributed by atoms with van der Waals surface area (Å²) in [6, 6.07) is 0. The Labute approximate surface area is 129 Å². The van der Waals surface area contributed by atoms with Crippen LogP contribution in [0.3, 0.4) is 0 Å². The fourth-order valence-corrected chi connectivity index (χ4v) is 3.97. The Hall–Kier alpha value is -1.51. The second-order valence-corrected chi connectivity index (χ2v) is 6.45. The predicted molar refractivity (Wildman–Crippen MR) is 81.9 cm³/mol. The van der Waals surface area contributed by atoms with E-state index in [4.69, 9.17) is 22.1 Å². The van der Waals surface area contributed by atoms with Gasteiger partial charge in [-0.05, 0) is 37.5 Å². The summed E-state index contributed by atoms with van der Waals surface area (Å²) in [6.45, 7) is 2.76. The maximum Gasteiger partial charge on any atom is 0.346 e. The van der Waals surface area contributed by atoms with E-state index in [0.29, 0.717) is 33.7 Å². The molecule has 1 atom stereocenters. The van der Waals surface area contributed by atoms with E-state index in [1.54, 1.807) is 6.92 Å². The third-order valence-corrected chi connectivity index (χ3v) is 5.19. The molecule has 1 fully saturated rings. The fraction of sp³-hybridized carbons (Fsp3) is 0.462. The van der Waals surface area contributed by atoms with E-state index in [2.05, 4.69) is 4.98 Å². The molecule has 0 radical (unpaired) electrons. The van der Waals surface area contributed by atoms with Crippen LogP contribution in [0.1, 0.15) is 28.1 Å². The molecule has 0 aromatic carbocycles. The number of nitrogens with zero attached hydrogens (tertiary/aromatic N) is 1. The lowest BCUT2D eigenvalue weighted by Crippen LogP contribution is -2.27. The Balaban J connectivity index is 2.17. The van der Waals surface area contributed by atoms with Gasteiger partial charge in [-0.15, -0.1) is 11.3 Å². The molecule has 2 aromatic rings. The van der Waals surface area contributed by atoms with Gasteiger partial charge < -0.3 is 14.8 Å². The molecule has 2 N–H and O–H groups in total. The van der Waals surface area contributed by atoms with E-state index >= 15 is 0 Å². The van der Waals surface area contributed by atoms with Crippen molar-refractivity contribution in [2.45, 2.75) is 32.4 Å². The van der Waals surface area contributed by atoms with Crippen molar-refractivity contribution >= 4 is 39.7 Å². The van der Waals surface area contributed by atoms with Crippen LogP contribution in [-0.4, -0.2) is 33.3 Å². The average molecular weight is 326 g/mol. The molecule has 2 aromatic heterocycles. The van der Waals surface area contributed by atoms with Gasteiger partial charge in [-0.3, -0.25) is 9.36 Å². The Morgan fingerprint density at radius 3 is 3.00 bits per heavy atom. The van der Waals surface area contributed by atoms with E-state index in [1.807, 2.05) is 0 Å². The van der Waals surface area contributed by atoms with Crippen molar-refractivity contribution in [1.29, 1.82) is 0 Å². The van der Waals surface area contributed by atoms with Gasteiger partial charge in [0.05, 0.1) is 18.0 Å². The number of aryl methyl sites for hydroxylation is 1. The summed E-state index contributed by atoms with van der Waals surface area (Å²) in [7, 11) is 0. The van der Waals surface area contributed by atoms with Crippen LogP contribution < -0.4 is 5.56 Å². The van der Waals surface area contributed by atoms with Crippen LogP contribution in [0.25, 0.3) is 10.2 Å². The maximum absolute atomic E-state index is 12.6. The van der Waals surface area contributed by atoms with Crippen LogP contribution >= 0.6 is 23.6 Å². The molecule has 1 unspecified atom stereocenters. The molecule has 1 aliphatic rings. The highest BCUT2D eigenvalue weighted by Gasteiger charge is 2.21. The van der Waals surface area contributed by atoms with Crippen molar-refractivity contribution in [3.63, 3.8) is 0 Å². The molecule has 112 valence electrons. The number of thiophene rings is 1. The Morgan fingerprint density at radius 2 is 2.38 bits per heavy atom. The Bertz CT molecular complexity index is 827. The number of carboxylic acids is 1. The molecule has 6 nitrogen and oxygen atoms in total. The van der Waals surface area contributed by atoms with Crippen LogP contribution in [0.5, 0.6) is 0 Å². The maximum atomic E-state index is 12.6. The molecular weight excluding hydrogens is 312 g/mol. The number of aromatic amines is 1. The molecule has 1 saturated heterocycles. The number of carboxylic acid groups (broad SMARTS) is 1. The van der Waals surface area contributed by atoms with E-state index in [0.717, 1.165) is 24.2 Å². The van der Waals surface area contributed by atoms with Crippen LogP contribution in [0.15, 0.2) is 4.79 Å². The highest BCUT2D eigenvalue weighted by molar-refractivity contribution is 7.71. The monoisotopic (exact) mass is 326 g/mol. The second-order valence-electron chi connectivity index (χ2n) is 5.05. The lowest BCUT2D eigenvalue weighted by Gasteiger charge is -2.12. The number of aromatic nitrogens is 2. The largest absolute Gasteiger partial charge is 0.477 e. The normalized spacial score (nSPS) is 18.4. The number of hydrogen-bond donors (Lipinski definition) is 2. The molecular formula is C13H14N2O4S2. The molecule has 21 heavy (non-hydrogen) atoms. The second kappa shape index (κ2) is 5.36. The lowest BCUT2D eigenvalue weighted by molar-refractivity contribution is 0.0701. The first-order valence-corrected chi connectivity index (χ1v) is 7.82. The van der Waals surface area contributed by atoms with Crippen molar-refractivity contribution in [1.82, 2.24) is 9.55 Å². The van der Waals surface area contributed by atoms with E-state index in [1.165, 1.54) is 4.57 Å². The average Bonchev–Trinajstić information content (AvgIpc) is 3.02. The minimum absolute atomic E-state index is 0.00636. The Kier molecular flexibility index (Phi) is 3.68. The topological polar surface area (TPSA) is 84.3 Å². The van der Waals surface area contributed by atoms with Crippen molar-refractivity contribution in [2.24, 2.45) is 0 Å². The van der Waals surface area contributed by atoms with Gasteiger partial charge in [-0.2, -0.15) is 0 Å². The summed E-state index contributed by atoms with van der Waals surface area (Å²) in [5, 5.41) is 9.57. The highest BCUT2D eigenvalue weighted by atomic mass is 32.1. The third kappa shape index (κ3) is 2.43. The number of fused-ring (bicyclic) bond motifs is 1. The molecule has 0 saturated carbocycles. The molecule has 0 amide bonds. The molecule has 3 heterocycles. The number of H-pyrrole nitrogens is 1. The number of ether oxygens (including phenoxy) is 1. The molecule has 1 aliphatic heterocycles. The van der Waals surface area contributed by atoms with E-state index < -0.39 is 5.97 Å². The summed E-state index contributed by atoms with van der Waals surface area (Å²) in [5.41, 5.74) is 0.241. The Morgan fingerprint density at radius 1 is 1.62 bits per heavy atom. The van der Waals surface area contributed by atoms with Gasteiger partial charge in [0.25, 0.3) is 5.56 Å². The van der Waals surface area contributed by atoms with Gasteiger partial charge in [0, 0.05) is 6.61 Å². The number of nitrogens with one attached hydrogen (secondary N) is 1. The number of hydrogen-bond acceptors (Lipinski definition) is 5. The van der Waals surface area contributed by atoms with Crippen LogP contribution in [0, 0.1) is 11.7 Å². The molecule has 3 rings (SSSR count).